The van der Waals surface area contributed by atoms with Crippen molar-refractivity contribution in [2.75, 3.05) is 0 Å². The Morgan fingerprint density at radius 2 is 2.10 bits per heavy atom. The van der Waals surface area contributed by atoms with Gasteiger partial charge in [0.25, 0.3) is 5.91 Å². The van der Waals surface area contributed by atoms with E-state index in [1.54, 1.807) is 0 Å². The molecule has 2 N–H and O–H groups in total. The molecule has 0 spiro atoms. The van der Waals surface area contributed by atoms with E-state index in [1.165, 1.54) is 18.6 Å². The molecule has 3 rings (SSSR count). The maximum Gasteiger partial charge on any atom is 0.254 e. The van der Waals surface area contributed by atoms with Crippen molar-refractivity contribution in [1.29, 1.82) is 0 Å². The lowest BCUT2D eigenvalue weighted by atomic mass is 9.68. The third-order valence-corrected chi connectivity index (χ3v) is 5.74. The number of aromatic hydroxyl groups is 1. The number of amides is 1. The average molecular weight is 291 g/mol. The molecule has 2 aliphatic rings. The zero-order chi connectivity index (χ0) is 15.4. The topological polar surface area (TPSA) is 49.3 Å². The second-order valence-corrected chi connectivity index (χ2v) is 7.49. The number of halogens is 1. The number of nitrogens with one attached hydrogen (secondary N) is 1. The lowest BCUT2D eigenvalue weighted by Crippen LogP contribution is -2.52. The first kappa shape index (κ1) is 14.4. The summed E-state index contributed by atoms with van der Waals surface area (Å²) in [6, 6.07) is 3.71. The van der Waals surface area contributed by atoms with Gasteiger partial charge in [-0.25, -0.2) is 4.39 Å². The number of phenols is 1. The van der Waals surface area contributed by atoms with E-state index < -0.39 is 5.82 Å². The van der Waals surface area contributed by atoms with Crippen molar-refractivity contribution in [2.24, 2.45) is 16.7 Å². The first-order valence-electron chi connectivity index (χ1n) is 7.53. The van der Waals surface area contributed by atoms with Gasteiger partial charge in [-0.1, -0.05) is 20.8 Å². The fourth-order valence-electron chi connectivity index (χ4n) is 4.56. The summed E-state index contributed by atoms with van der Waals surface area (Å²) in [4.78, 5) is 12.4. The monoisotopic (exact) mass is 291 g/mol. The smallest absolute Gasteiger partial charge is 0.254 e. The van der Waals surface area contributed by atoms with Gasteiger partial charge in [-0.3, -0.25) is 4.79 Å². The summed E-state index contributed by atoms with van der Waals surface area (Å²) < 4.78 is 13.8. The fraction of sp³-hybridized carbons (Fsp3) is 0.588. The lowest BCUT2D eigenvalue weighted by Gasteiger charge is -2.43. The molecule has 3 nitrogen and oxygen atoms in total. The highest BCUT2D eigenvalue weighted by molar-refractivity contribution is 5.95. The van der Waals surface area contributed by atoms with Crippen molar-refractivity contribution >= 4 is 5.91 Å². The van der Waals surface area contributed by atoms with Gasteiger partial charge in [0.1, 0.15) is 11.6 Å². The van der Waals surface area contributed by atoms with E-state index in [-0.39, 0.29) is 34.1 Å². The van der Waals surface area contributed by atoms with Crippen LogP contribution in [0.3, 0.4) is 0 Å². The highest BCUT2D eigenvalue weighted by Crippen LogP contribution is 2.62. The van der Waals surface area contributed by atoms with Gasteiger partial charge in [0, 0.05) is 12.1 Å². The van der Waals surface area contributed by atoms with Gasteiger partial charge in [0.2, 0.25) is 0 Å². The Morgan fingerprint density at radius 1 is 1.38 bits per heavy atom. The molecule has 2 aliphatic carbocycles. The normalized spacial score (nSPS) is 33.1. The first-order valence-corrected chi connectivity index (χ1v) is 7.53. The predicted molar refractivity (Wildman–Crippen MR) is 78.5 cm³/mol. The molecular formula is C17H22FNO2. The zero-order valence-corrected chi connectivity index (χ0v) is 12.7. The van der Waals surface area contributed by atoms with E-state index >= 15 is 0 Å². The molecule has 2 saturated carbocycles. The molecule has 2 fully saturated rings. The number of benzene rings is 1. The molecule has 114 valence electrons. The minimum Gasteiger partial charge on any atom is -0.508 e. The Hall–Kier alpha value is -1.58. The van der Waals surface area contributed by atoms with Crippen molar-refractivity contribution in [2.45, 2.75) is 46.1 Å². The third kappa shape index (κ3) is 2.12. The van der Waals surface area contributed by atoms with Gasteiger partial charge in [0.05, 0.1) is 5.56 Å². The molecule has 1 amide bonds. The second kappa shape index (κ2) is 4.46. The number of phenolic OH excluding ortho intramolecular Hbond substituents is 1. The van der Waals surface area contributed by atoms with Crippen LogP contribution in [0.5, 0.6) is 5.75 Å². The summed E-state index contributed by atoms with van der Waals surface area (Å²) in [7, 11) is 0. The zero-order valence-electron chi connectivity index (χ0n) is 12.7. The van der Waals surface area contributed by atoms with Crippen molar-refractivity contribution in [3.63, 3.8) is 0 Å². The van der Waals surface area contributed by atoms with Crippen LogP contribution in [0.2, 0.25) is 0 Å². The Bertz CT molecular complexity index is 594. The third-order valence-electron chi connectivity index (χ3n) is 5.74. The summed E-state index contributed by atoms with van der Waals surface area (Å²) in [6.07, 6.45) is 3.45. The number of rotatable bonds is 2. The molecule has 0 aliphatic heterocycles. The number of carbonyl (C=O) groups excluding carboxylic acids is 1. The molecule has 0 aromatic heterocycles. The maximum atomic E-state index is 13.8. The van der Waals surface area contributed by atoms with E-state index in [1.807, 2.05) is 0 Å². The molecule has 0 saturated heterocycles. The van der Waals surface area contributed by atoms with Crippen LogP contribution in [0.15, 0.2) is 18.2 Å². The Kier molecular flexibility index (Phi) is 3.05. The number of hydrogen-bond donors (Lipinski definition) is 2. The molecule has 3 unspecified atom stereocenters. The Morgan fingerprint density at radius 3 is 2.67 bits per heavy atom. The summed E-state index contributed by atoms with van der Waals surface area (Å²) in [5.41, 5.74) is 0.141. The molecular weight excluding hydrogens is 269 g/mol. The van der Waals surface area contributed by atoms with Crippen molar-refractivity contribution in [3.8, 4) is 5.75 Å². The van der Waals surface area contributed by atoms with E-state index in [0.29, 0.717) is 5.92 Å². The van der Waals surface area contributed by atoms with Crippen LogP contribution in [0.25, 0.3) is 0 Å². The first-order chi connectivity index (χ1) is 9.74. The standard InChI is InChI=1S/C17H22FNO2/c1-16(2)10-6-7-17(3,9-10)15(16)19-14(21)12-5-4-11(20)8-13(12)18/h4-5,8,10,15,20H,6-7,9H2,1-3H3,(H,19,21). The van der Waals surface area contributed by atoms with Crippen LogP contribution in [0, 0.1) is 22.6 Å². The number of hydrogen-bond acceptors (Lipinski definition) is 2. The van der Waals surface area contributed by atoms with Gasteiger partial charge in [0.15, 0.2) is 0 Å². The van der Waals surface area contributed by atoms with E-state index in [2.05, 4.69) is 26.1 Å². The van der Waals surface area contributed by atoms with Crippen molar-refractivity contribution in [1.82, 2.24) is 5.32 Å². The number of fused-ring (bicyclic) bond motifs is 2. The SMILES string of the molecule is CC12CCC(C1)C(C)(C)C2NC(=O)c1ccc(O)cc1F. The summed E-state index contributed by atoms with van der Waals surface area (Å²) in [5, 5.41) is 12.3. The molecule has 0 heterocycles. The molecule has 1 aromatic carbocycles. The second-order valence-electron chi connectivity index (χ2n) is 7.49. The van der Waals surface area contributed by atoms with Crippen LogP contribution >= 0.6 is 0 Å². The van der Waals surface area contributed by atoms with Crippen molar-refractivity contribution < 1.29 is 14.3 Å². The van der Waals surface area contributed by atoms with Crippen LogP contribution in [-0.4, -0.2) is 17.1 Å². The minimum atomic E-state index is -0.682. The average Bonchev–Trinajstić information content (AvgIpc) is 2.85. The largest absolute Gasteiger partial charge is 0.508 e. The van der Waals surface area contributed by atoms with Gasteiger partial charge >= 0.3 is 0 Å². The number of carbonyl (C=O) groups is 1. The maximum absolute atomic E-state index is 13.8. The van der Waals surface area contributed by atoms with E-state index in [4.69, 9.17) is 0 Å². The van der Waals surface area contributed by atoms with Crippen LogP contribution in [0.1, 0.15) is 50.4 Å². The predicted octanol–water partition coefficient (Wildman–Crippen LogP) is 3.48. The highest BCUT2D eigenvalue weighted by atomic mass is 19.1. The molecule has 0 radical (unpaired) electrons. The van der Waals surface area contributed by atoms with E-state index in [0.717, 1.165) is 18.9 Å². The Balaban J connectivity index is 1.85. The van der Waals surface area contributed by atoms with Gasteiger partial charge in [-0.2, -0.15) is 0 Å². The quantitative estimate of drug-likeness (QED) is 0.876. The van der Waals surface area contributed by atoms with Crippen LogP contribution in [-0.2, 0) is 0 Å². The Labute approximate surface area is 124 Å². The van der Waals surface area contributed by atoms with Gasteiger partial charge < -0.3 is 10.4 Å². The summed E-state index contributed by atoms with van der Waals surface area (Å²) in [5.74, 6) is -0.619. The lowest BCUT2D eigenvalue weighted by molar-refractivity contribution is 0.0734. The van der Waals surface area contributed by atoms with E-state index in [9.17, 15) is 14.3 Å². The highest BCUT2D eigenvalue weighted by Gasteiger charge is 2.59. The van der Waals surface area contributed by atoms with Crippen molar-refractivity contribution in [3.05, 3.63) is 29.6 Å². The fourth-order valence-corrected chi connectivity index (χ4v) is 4.56. The summed E-state index contributed by atoms with van der Waals surface area (Å²) >= 11 is 0. The van der Waals surface area contributed by atoms with Crippen LogP contribution in [0.4, 0.5) is 4.39 Å². The van der Waals surface area contributed by atoms with Crippen LogP contribution < -0.4 is 5.32 Å². The molecule has 21 heavy (non-hydrogen) atoms. The summed E-state index contributed by atoms with van der Waals surface area (Å²) in [6.45, 7) is 6.61. The molecule has 2 bridgehead atoms. The van der Waals surface area contributed by atoms with Gasteiger partial charge in [-0.05, 0) is 48.1 Å². The molecule has 4 heteroatoms. The van der Waals surface area contributed by atoms with Gasteiger partial charge in [-0.15, -0.1) is 0 Å². The molecule has 3 atom stereocenters. The minimum absolute atomic E-state index is 0.00465. The molecule has 1 aromatic rings.